The van der Waals surface area contributed by atoms with E-state index in [2.05, 4.69) is 34.8 Å². The normalized spacial score (nSPS) is 13.4. The molecule has 1 atom stereocenters. The molecule has 0 aromatic heterocycles. The monoisotopic (exact) mass is 660 g/mol. The third-order valence-electron chi connectivity index (χ3n) is 1.80. The smallest absolute Gasteiger partial charge is 0.269 e. The van der Waals surface area contributed by atoms with Crippen molar-refractivity contribution < 1.29 is 84.4 Å². The van der Waals surface area contributed by atoms with Gasteiger partial charge in [0.25, 0.3) is 5.13 Å². The van der Waals surface area contributed by atoms with Crippen LogP contribution in [0.5, 0.6) is 0 Å². The van der Waals surface area contributed by atoms with Crippen LogP contribution in [0.2, 0.25) is 0 Å². The molecule has 0 saturated carbocycles. The lowest BCUT2D eigenvalue weighted by Gasteiger charge is -2.16. The van der Waals surface area contributed by atoms with Crippen LogP contribution in [0.3, 0.4) is 0 Å². The standard InChI is InChI=1S/C3H3Cl2F3.C3H3ClF4.C3H3F5.C3H2F4.ClH.3FH/c3*1-2(4,5)3(6,7)8;1-2(4)3(5,6)7;;;;/h3*1H3;1H2;4*1H. The van der Waals surface area contributed by atoms with Crippen LogP contribution < -0.4 is 0 Å². The number of halogens is 23. The summed E-state index contributed by atoms with van der Waals surface area (Å²) in [6, 6.07) is 0. The van der Waals surface area contributed by atoms with Gasteiger partial charge in [-0.2, -0.15) is 61.5 Å². The molecule has 35 heavy (non-hydrogen) atoms. The average Bonchev–Trinajstić information content (AvgIpc) is 2.31. The average molecular weight is 662 g/mol. The third kappa shape index (κ3) is 31.5. The van der Waals surface area contributed by atoms with Gasteiger partial charge in [-0.25, -0.2) is 8.78 Å². The Morgan fingerprint density at radius 2 is 0.657 bits per heavy atom. The van der Waals surface area contributed by atoms with Gasteiger partial charge in [0.15, 0.2) is 5.83 Å². The lowest BCUT2D eigenvalue weighted by atomic mass is 10.4. The number of allylic oxidation sites excluding steroid dienone is 1. The van der Waals surface area contributed by atoms with Crippen LogP contribution in [0.15, 0.2) is 12.4 Å². The van der Waals surface area contributed by atoms with Gasteiger partial charge in [-0.1, -0.05) is 41.4 Å². The first kappa shape index (κ1) is 55.2. The van der Waals surface area contributed by atoms with Crippen molar-refractivity contribution in [3.63, 3.8) is 0 Å². The third-order valence-corrected chi connectivity index (χ3v) is 2.44. The van der Waals surface area contributed by atoms with Gasteiger partial charge in [0.1, 0.15) is 0 Å². The van der Waals surface area contributed by atoms with Crippen molar-refractivity contribution in [2.75, 3.05) is 0 Å². The van der Waals surface area contributed by atoms with Crippen LogP contribution in [0.4, 0.5) is 84.4 Å². The molecule has 0 bridgehead atoms. The summed E-state index contributed by atoms with van der Waals surface area (Å²) in [5.41, 5.74) is 0. The fourth-order valence-electron chi connectivity index (χ4n) is 0. The van der Waals surface area contributed by atoms with Crippen molar-refractivity contribution in [2.45, 2.75) is 60.9 Å². The van der Waals surface area contributed by atoms with Crippen molar-refractivity contribution >= 4 is 47.2 Å². The van der Waals surface area contributed by atoms with Gasteiger partial charge in [-0.05, 0) is 13.8 Å². The molecule has 0 saturated heterocycles. The molecule has 1 unspecified atom stereocenters. The predicted octanol–water partition coefficient (Wildman–Crippen LogP) is 10.3. The summed E-state index contributed by atoms with van der Waals surface area (Å²) in [5, 5.41) is -3.59. The fourth-order valence-corrected chi connectivity index (χ4v) is 0. The molecule has 23 heteroatoms. The Bertz CT molecular complexity index is 420. The topological polar surface area (TPSA) is 0 Å². The lowest BCUT2D eigenvalue weighted by molar-refractivity contribution is -0.273. The molecule has 0 aromatic rings. The molecule has 0 heterocycles. The second-order valence-corrected chi connectivity index (χ2v) is 7.48. The highest BCUT2D eigenvalue weighted by Crippen LogP contribution is 2.39. The van der Waals surface area contributed by atoms with E-state index < -0.39 is 45.9 Å². The Kier molecular flexibility index (Phi) is 28.3. The van der Waals surface area contributed by atoms with Crippen molar-refractivity contribution in [1.29, 1.82) is 0 Å². The summed E-state index contributed by atoms with van der Waals surface area (Å²) in [7, 11) is 0. The molecule has 0 amide bonds. The Hall–Kier alpha value is -0.430. The summed E-state index contributed by atoms with van der Waals surface area (Å²) in [5.74, 6) is -6.82. The number of hydrogen-bond acceptors (Lipinski definition) is 0. The zero-order valence-corrected chi connectivity index (χ0v) is 19.6. The van der Waals surface area contributed by atoms with Gasteiger partial charge in [-0.15, -0.1) is 12.4 Å². The summed E-state index contributed by atoms with van der Waals surface area (Å²) in [6.45, 7) is 2.77. The SMILES string of the molecule is C=C(F)C(F)(F)F.CC(Cl)(Cl)C(F)(F)F.CC(F)(Cl)C(F)(F)F.CC(F)(F)C(F)(F)F.Cl.F.F.F. The van der Waals surface area contributed by atoms with Crippen LogP contribution in [0, 0.1) is 0 Å². The largest absolute Gasteiger partial charge is 0.452 e. The van der Waals surface area contributed by atoms with Crippen LogP contribution >= 0.6 is 47.2 Å². The van der Waals surface area contributed by atoms with Gasteiger partial charge in [0, 0.05) is 6.92 Å². The van der Waals surface area contributed by atoms with Crippen molar-refractivity contribution in [3.8, 4) is 0 Å². The van der Waals surface area contributed by atoms with Crippen molar-refractivity contribution in [1.82, 2.24) is 0 Å². The van der Waals surface area contributed by atoms with Crippen LogP contribution in [-0.2, 0) is 0 Å². The fraction of sp³-hybridized carbons (Fsp3) is 0.833. The Balaban J connectivity index is -0.0000000446. The zero-order valence-electron chi connectivity index (χ0n) is 16.5. The highest BCUT2D eigenvalue weighted by Gasteiger charge is 2.53. The number of rotatable bonds is 0. The maximum absolute atomic E-state index is 11.5. The Morgan fingerprint density at radius 1 is 0.543 bits per heavy atom. The van der Waals surface area contributed by atoms with Gasteiger partial charge < -0.3 is 0 Å². The molecule has 0 fully saturated rings. The Morgan fingerprint density at radius 3 is 0.657 bits per heavy atom. The second-order valence-electron chi connectivity index (χ2n) is 5.06. The highest BCUT2D eigenvalue weighted by atomic mass is 35.5. The summed E-state index contributed by atoms with van der Waals surface area (Å²) >= 11 is 13.5. The molecule has 0 rings (SSSR count). The van der Waals surface area contributed by atoms with E-state index in [1.165, 1.54) is 0 Å². The molecule has 0 radical (unpaired) electrons. The first-order valence-corrected chi connectivity index (χ1v) is 7.58. The molecule has 0 aliphatic rings. The summed E-state index contributed by atoms with van der Waals surface area (Å²) in [6.07, 6.45) is -19.8. The molecular weight excluding hydrogens is 647 g/mol. The molecule has 224 valence electrons. The van der Waals surface area contributed by atoms with E-state index in [-0.39, 0.29) is 40.4 Å². The van der Waals surface area contributed by atoms with E-state index in [0.29, 0.717) is 6.92 Å². The number of alkyl halides is 18. The van der Waals surface area contributed by atoms with E-state index in [9.17, 15) is 70.2 Å². The van der Waals surface area contributed by atoms with Gasteiger partial charge in [0.05, 0.1) is 0 Å². The molecule has 0 aliphatic carbocycles. The molecule has 0 spiro atoms. The van der Waals surface area contributed by atoms with Crippen LogP contribution in [-0.4, -0.2) is 40.1 Å². The van der Waals surface area contributed by atoms with E-state index in [0.717, 1.165) is 0 Å². The maximum Gasteiger partial charge on any atom is 0.452 e. The van der Waals surface area contributed by atoms with Crippen LogP contribution in [0.25, 0.3) is 0 Å². The molecule has 0 aromatic carbocycles. The van der Waals surface area contributed by atoms with E-state index in [1.807, 2.05) is 6.58 Å². The van der Waals surface area contributed by atoms with Gasteiger partial charge in [0.2, 0.25) is 4.33 Å². The van der Waals surface area contributed by atoms with Crippen molar-refractivity contribution in [2.24, 2.45) is 0 Å². The minimum atomic E-state index is -5.40. The van der Waals surface area contributed by atoms with Crippen molar-refractivity contribution in [3.05, 3.63) is 12.4 Å². The van der Waals surface area contributed by atoms with Gasteiger partial charge >= 0.3 is 30.6 Å². The highest BCUT2D eigenvalue weighted by molar-refractivity contribution is 6.48. The quantitative estimate of drug-likeness (QED) is 0.179. The van der Waals surface area contributed by atoms with E-state index >= 15 is 0 Å². The van der Waals surface area contributed by atoms with E-state index in [1.54, 1.807) is 0 Å². The minimum absolute atomic E-state index is 0. The summed E-state index contributed by atoms with van der Waals surface area (Å²) in [4.78, 5) is 0. The molecule has 0 aliphatic heterocycles. The minimum Gasteiger partial charge on any atom is -0.269 e. The van der Waals surface area contributed by atoms with Crippen LogP contribution in [0.1, 0.15) is 20.8 Å². The molecule has 0 nitrogen and oxygen atoms in total. The predicted molar refractivity (Wildman–Crippen MR) is 95.3 cm³/mol. The first-order valence-electron chi connectivity index (χ1n) is 6.44. The maximum atomic E-state index is 11.5. The number of hydrogen-bond donors (Lipinski definition) is 0. The van der Waals surface area contributed by atoms with E-state index in [4.69, 9.17) is 0 Å². The lowest BCUT2D eigenvalue weighted by Crippen LogP contribution is -2.32. The second kappa shape index (κ2) is 17.9. The molecule has 0 N–H and O–H groups in total. The first-order chi connectivity index (χ1) is 12.7. The summed E-state index contributed by atoms with van der Waals surface area (Å²) < 4.78 is 174. The Labute approximate surface area is 205 Å². The zero-order chi connectivity index (χ0) is 27.1. The molecular formula is C12H15Cl4F19. The van der Waals surface area contributed by atoms with Gasteiger partial charge in [-0.3, -0.25) is 14.1 Å².